The van der Waals surface area contributed by atoms with Gasteiger partial charge < -0.3 is 9.80 Å². The molecule has 1 aromatic rings. The summed E-state index contributed by atoms with van der Waals surface area (Å²) in [5.74, 6) is 0.152. The Morgan fingerprint density at radius 1 is 1.45 bits per heavy atom. The second-order valence-electron chi connectivity index (χ2n) is 6.76. The molecule has 0 aromatic heterocycles. The average molecular weight is 345 g/mol. The van der Waals surface area contributed by atoms with Crippen LogP contribution >= 0.6 is 23.4 Å². The molecule has 1 fully saturated rings. The summed E-state index contributed by atoms with van der Waals surface area (Å²) in [5, 5.41) is 0.0111. The fraction of sp³-hybridized carbons (Fsp3) is 0.562. The Bertz CT molecular complexity index is 565. The monoisotopic (exact) mass is 344 g/mol. The van der Waals surface area contributed by atoms with Crippen molar-refractivity contribution in [2.75, 3.05) is 32.9 Å². The first-order valence-electron chi connectivity index (χ1n) is 7.20. The van der Waals surface area contributed by atoms with E-state index < -0.39 is 5.82 Å². The quantitative estimate of drug-likeness (QED) is 0.814. The van der Waals surface area contributed by atoms with Crippen LogP contribution in [0.1, 0.15) is 24.8 Å². The molecule has 1 aliphatic heterocycles. The number of amides is 1. The van der Waals surface area contributed by atoms with Crippen molar-refractivity contribution >= 4 is 29.3 Å². The highest BCUT2D eigenvalue weighted by atomic mass is 35.5. The highest BCUT2D eigenvalue weighted by Crippen LogP contribution is 2.41. The van der Waals surface area contributed by atoms with Gasteiger partial charge in [-0.1, -0.05) is 31.5 Å². The van der Waals surface area contributed by atoms with Crippen LogP contribution in [-0.4, -0.2) is 48.6 Å². The van der Waals surface area contributed by atoms with Crippen LogP contribution in [0.25, 0.3) is 0 Å². The van der Waals surface area contributed by atoms with Crippen LogP contribution in [0.15, 0.2) is 18.2 Å². The van der Waals surface area contributed by atoms with E-state index in [-0.39, 0.29) is 21.7 Å². The van der Waals surface area contributed by atoms with Crippen molar-refractivity contribution in [2.45, 2.75) is 19.2 Å². The van der Waals surface area contributed by atoms with Crippen LogP contribution < -0.4 is 0 Å². The summed E-state index contributed by atoms with van der Waals surface area (Å²) in [4.78, 5) is 16.3. The number of benzene rings is 1. The molecule has 0 N–H and O–H groups in total. The smallest absolute Gasteiger partial charge is 0.233 e. The molecular formula is C16H22ClFN2OS. The highest BCUT2D eigenvalue weighted by molar-refractivity contribution is 8.00. The Balaban J connectivity index is 2.20. The van der Waals surface area contributed by atoms with Gasteiger partial charge in [-0.2, -0.15) is 0 Å². The third-order valence-corrected chi connectivity index (χ3v) is 5.09. The Morgan fingerprint density at radius 2 is 2.14 bits per heavy atom. The lowest BCUT2D eigenvalue weighted by molar-refractivity contribution is -0.129. The van der Waals surface area contributed by atoms with E-state index in [9.17, 15) is 9.18 Å². The molecule has 22 heavy (non-hydrogen) atoms. The van der Waals surface area contributed by atoms with E-state index in [4.69, 9.17) is 11.6 Å². The molecule has 0 radical (unpaired) electrons. The van der Waals surface area contributed by atoms with Crippen molar-refractivity contribution in [1.82, 2.24) is 9.80 Å². The van der Waals surface area contributed by atoms with Crippen molar-refractivity contribution in [3.05, 3.63) is 34.6 Å². The van der Waals surface area contributed by atoms with Crippen molar-refractivity contribution in [3.8, 4) is 0 Å². The van der Waals surface area contributed by atoms with Crippen LogP contribution in [0.5, 0.6) is 0 Å². The number of carbonyl (C=O) groups excluding carboxylic acids is 1. The minimum Gasteiger partial charge on any atom is -0.325 e. The van der Waals surface area contributed by atoms with Gasteiger partial charge >= 0.3 is 0 Å². The number of hydrogen-bond donors (Lipinski definition) is 0. The molecule has 122 valence electrons. The second-order valence-corrected chi connectivity index (χ2v) is 8.24. The lowest BCUT2D eigenvalue weighted by Crippen LogP contribution is -2.41. The molecule has 1 heterocycles. The van der Waals surface area contributed by atoms with Gasteiger partial charge in [-0.15, -0.1) is 11.8 Å². The predicted molar refractivity (Wildman–Crippen MR) is 90.7 cm³/mol. The normalized spacial score (nSPS) is 19.3. The number of halogens is 2. The molecule has 0 spiro atoms. The summed E-state index contributed by atoms with van der Waals surface area (Å²) in [7, 11) is 4.05. The van der Waals surface area contributed by atoms with Crippen molar-refractivity contribution < 1.29 is 9.18 Å². The van der Waals surface area contributed by atoms with Crippen LogP contribution in [0.3, 0.4) is 0 Å². The lowest BCUT2D eigenvalue weighted by Gasteiger charge is -2.35. The Hall–Kier alpha value is -0.780. The van der Waals surface area contributed by atoms with E-state index in [0.717, 1.165) is 12.1 Å². The van der Waals surface area contributed by atoms with Crippen LogP contribution in [0.2, 0.25) is 5.02 Å². The molecule has 3 nitrogen and oxygen atoms in total. The standard InChI is InChI=1S/C16H22ClFN2OS/c1-16(2,9-19(3)4)10-20-14(21)8-22-15(20)11-5-6-13(18)12(17)7-11/h5-7,15H,8-10H2,1-4H3. The maximum absolute atomic E-state index is 13.3. The van der Waals surface area contributed by atoms with Gasteiger partial charge in [-0.3, -0.25) is 4.79 Å². The molecule has 0 aliphatic carbocycles. The number of rotatable bonds is 5. The van der Waals surface area contributed by atoms with Gasteiger partial charge in [0.2, 0.25) is 5.91 Å². The molecule has 1 aliphatic rings. The zero-order valence-corrected chi connectivity index (χ0v) is 15.0. The summed E-state index contributed by atoms with van der Waals surface area (Å²) in [6.45, 7) is 5.85. The zero-order chi connectivity index (χ0) is 16.5. The number of carbonyl (C=O) groups is 1. The van der Waals surface area contributed by atoms with Gasteiger partial charge in [0.15, 0.2) is 0 Å². The maximum Gasteiger partial charge on any atom is 0.233 e. The highest BCUT2D eigenvalue weighted by Gasteiger charge is 2.36. The van der Waals surface area contributed by atoms with Crippen LogP contribution in [0.4, 0.5) is 4.39 Å². The molecule has 1 unspecified atom stereocenters. The van der Waals surface area contributed by atoms with Gasteiger partial charge in [0, 0.05) is 13.1 Å². The average Bonchev–Trinajstić information content (AvgIpc) is 2.72. The summed E-state index contributed by atoms with van der Waals surface area (Å²) >= 11 is 7.45. The molecule has 0 saturated carbocycles. The number of thioether (sulfide) groups is 1. The minimum atomic E-state index is -0.431. The topological polar surface area (TPSA) is 23.6 Å². The molecule has 1 saturated heterocycles. The van der Waals surface area contributed by atoms with Gasteiger partial charge in [0.25, 0.3) is 0 Å². The third-order valence-electron chi connectivity index (χ3n) is 3.54. The number of nitrogens with zero attached hydrogens (tertiary/aromatic N) is 2. The number of hydrogen-bond acceptors (Lipinski definition) is 3. The van der Waals surface area contributed by atoms with Gasteiger partial charge in [-0.25, -0.2) is 4.39 Å². The molecule has 2 rings (SSSR count). The molecule has 0 bridgehead atoms. The van der Waals surface area contributed by atoms with Crippen molar-refractivity contribution in [2.24, 2.45) is 5.41 Å². The van der Waals surface area contributed by atoms with E-state index >= 15 is 0 Å². The second kappa shape index (κ2) is 6.77. The molecule has 6 heteroatoms. The molecular weight excluding hydrogens is 323 g/mol. The zero-order valence-electron chi connectivity index (χ0n) is 13.4. The molecule has 1 amide bonds. The maximum atomic E-state index is 13.3. The van der Waals surface area contributed by atoms with Crippen molar-refractivity contribution in [1.29, 1.82) is 0 Å². The first kappa shape index (κ1) is 17.6. The summed E-state index contributed by atoms with van der Waals surface area (Å²) < 4.78 is 13.3. The Morgan fingerprint density at radius 3 is 2.73 bits per heavy atom. The van der Waals surface area contributed by atoms with Gasteiger partial charge in [0.05, 0.1) is 10.8 Å². The fourth-order valence-corrected chi connectivity index (χ4v) is 4.30. The predicted octanol–water partition coefficient (Wildman–Crippen LogP) is 3.64. The van der Waals surface area contributed by atoms with Crippen LogP contribution in [-0.2, 0) is 4.79 Å². The van der Waals surface area contributed by atoms with E-state index in [1.54, 1.807) is 23.9 Å². The van der Waals surface area contributed by atoms with E-state index in [0.29, 0.717) is 12.3 Å². The third kappa shape index (κ3) is 4.15. The van der Waals surface area contributed by atoms with Crippen LogP contribution in [0, 0.1) is 11.2 Å². The molecule has 1 atom stereocenters. The largest absolute Gasteiger partial charge is 0.325 e. The first-order chi connectivity index (χ1) is 10.2. The van der Waals surface area contributed by atoms with E-state index in [1.165, 1.54) is 6.07 Å². The van der Waals surface area contributed by atoms with E-state index in [2.05, 4.69) is 18.7 Å². The lowest BCUT2D eigenvalue weighted by atomic mass is 9.92. The van der Waals surface area contributed by atoms with Gasteiger partial charge in [0.1, 0.15) is 11.2 Å². The molecule has 1 aromatic carbocycles. The van der Waals surface area contributed by atoms with Gasteiger partial charge in [-0.05, 0) is 37.2 Å². The summed E-state index contributed by atoms with van der Waals surface area (Å²) in [5.41, 5.74) is 0.856. The summed E-state index contributed by atoms with van der Waals surface area (Å²) in [6, 6.07) is 4.70. The first-order valence-corrected chi connectivity index (χ1v) is 8.63. The fourth-order valence-electron chi connectivity index (χ4n) is 2.93. The van der Waals surface area contributed by atoms with Crippen molar-refractivity contribution in [3.63, 3.8) is 0 Å². The van der Waals surface area contributed by atoms with E-state index in [1.807, 2.05) is 19.0 Å². The SMILES string of the molecule is CN(C)CC(C)(C)CN1C(=O)CSC1c1ccc(F)c(Cl)c1. The Kier molecular flexibility index (Phi) is 5.41. The Labute approximate surface area is 140 Å². The minimum absolute atomic E-state index is 0.0217. The summed E-state index contributed by atoms with van der Waals surface area (Å²) in [6.07, 6.45) is 0.